The Morgan fingerprint density at radius 1 is 1.26 bits per heavy atom. The third kappa shape index (κ3) is 2.53. The number of carbonyl (C=O) groups is 1. The van der Waals surface area contributed by atoms with Gasteiger partial charge < -0.3 is 4.42 Å². The van der Waals surface area contributed by atoms with Crippen molar-refractivity contribution in [2.75, 3.05) is 5.32 Å². The third-order valence-corrected chi connectivity index (χ3v) is 3.29. The van der Waals surface area contributed by atoms with Crippen molar-refractivity contribution in [1.82, 2.24) is 9.97 Å². The van der Waals surface area contributed by atoms with Crippen LogP contribution in [0.3, 0.4) is 0 Å². The van der Waals surface area contributed by atoms with Gasteiger partial charge in [0.1, 0.15) is 0 Å². The van der Waals surface area contributed by atoms with Crippen LogP contribution in [0, 0.1) is 0 Å². The Hall–Kier alpha value is -2.47. The van der Waals surface area contributed by atoms with E-state index in [1.807, 2.05) is 17.5 Å². The third-order valence-electron chi connectivity index (χ3n) is 2.40. The zero-order valence-corrected chi connectivity index (χ0v) is 10.6. The summed E-state index contributed by atoms with van der Waals surface area (Å²) in [5, 5.41) is 4.57. The van der Waals surface area contributed by atoms with Crippen LogP contribution in [-0.4, -0.2) is 15.9 Å². The van der Waals surface area contributed by atoms with Crippen molar-refractivity contribution in [3.05, 3.63) is 53.9 Å². The van der Waals surface area contributed by atoms with Crippen molar-refractivity contribution >= 4 is 23.2 Å². The lowest BCUT2D eigenvalue weighted by Crippen LogP contribution is -2.13. The van der Waals surface area contributed by atoms with E-state index in [2.05, 4.69) is 15.3 Å². The molecular weight excluding hydrogens is 262 g/mol. The van der Waals surface area contributed by atoms with Gasteiger partial charge in [-0.2, -0.15) is 0 Å². The van der Waals surface area contributed by atoms with E-state index in [1.165, 1.54) is 6.26 Å². The summed E-state index contributed by atoms with van der Waals surface area (Å²) in [6, 6.07) is 8.94. The molecule has 5 nitrogen and oxygen atoms in total. The lowest BCUT2D eigenvalue weighted by molar-refractivity contribution is 0.0996. The van der Waals surface area contributed by atoms with E-state index in [9.17, 15) is 4.79 Å². The van der Waals surface area contributed by atoms with Crippen LogP contribution in [0.5, 0.6) is 0 Å². The highest BCUT2D eigenvalue weighted by molar-refractivity contribution is 7.13. The van der Waals surface area contributed by atoms with Crippen molar-refractivity contribution in [2.24, 2.45) is 0 Å². The first-order valence-corrected chi connectivity index (χ1v) is 6.43. The zero-order valence-electron chi connectivity index (χ0n) is 9.74. The number of hydrogen-bond donors (Lipinski definition) is 1. The molecule has 3 heterocycles. The van der Waals surface area contributed by atoms with Gasteiger partial charge in [0.25, 0.3) is 5.91 Å². The predicted octanol–water partition coefficient (Wildman–Crippen LogP) is 3.05. The Morgan fingerprint density at radius 3 is 2.95 bits per heavy atom. The number of carbonyl (C=O) groups excluding carboxylic acids is 1. The number of anilines is 1. The standard InChI is InChI=1S/C13H9N3O2S/c17-12(10-3-1-7-18-10)16-13-14-6-5-9(15-13)11-4-2-8-19-11/h1-8H,(H,14,15,16,17). The lowest BCUT2D eigenvalue weighted by Gasteiger charge is -2.02. The highest BCUT2D eigenvalue weighted by atomic mass is 32.1. The van der Waals surface area contributed by atoms with E-state index >= 15 is 0 Å². The van der Waals surface area contributed by atoms with Gasteiger partial charge in [0.05, 0.1) is 16.8 Å². The van der Waals surface area contributed by atoms with Crippen LogP contribution in [-0.2, 0) is 0 Å². The van der Waals surface area contributed by atoms with Crippen LogP contribution < -0.4 is 5.32 Å². The normalized spacial score (nSPS) is 10.3. The molecule has 1 amide bonds. The van der Waals surface area contributed by atoms with Crippen LogP contribution >= 0.6 is 11.3 Å². The molecule has 19 heavy (non-hydrogen) atoms. The maximum atomic E-state index is 11.8. The van der Waals surface area contributed by atoms with Gasteiger partial charge >= 0.3 is 0 Å². The first-order chi connectivity index (χ1) is 9.33. The topological polar surface area (TPSA) is 68.0 Å². The van der Waals surface area contributed by atoms with E-state index in [0.29, 0.717) is 0 Å². The molecule has 0 fully saturated rings. The Kier molecular flexibility index (Phi) is 3.07. The Bertz CT molecular complexity index is 678. The first-order valence-electron chi connectivity index (χ1n) is 5.55. The Morgan fingerprint density at radius 2 is 2.21 bits per heavy atom. The Labute approximate surface area is 112 Å². The van der Waals surface area contributed by atoms with E-state index in [0.717, 1.165) is 10.6 Å². The summed E-state index contributed by atoms with van der Waals surface area (Å²) in [5.41, 5.74) is 0.778. The van der Waals surface area contributed by atoms with Gasteiger partial charge in [-0.25, -0.2) is 9.97 Å². The smallest absolute Gasteiger partial charge is 0.293 e. The summed E-state index contributed by atoms with van der Waals surface area (Å²) in [6.07, 6.45) is 3.05. The summed E-state index contributed by atoms with van der Waals surface area (Å²) in [4.78, 5) is 21.1. The zero-order chi connectivity index (χ0) is 13.1. The van der Waals surface area contributed by atoms with Gasteiger partial charge in [-0.3, -0.25) is 10.1 Å². The molecule has 3 rings (SSSR count). The van der Waals surface area contributed by atoms with Gasteiger partial charge in [0, 0.05) is 6.20 Å². The number of hydrogen-bond acceptors (Lipinski definition) is 5. The minimum atomic E-state index is -0.367. The molecule has 0 unspecified atom stereocenters. The highest BCUT2D eigenvalue weighted by Gasteiger charge is 2.11. The maximum absolute atomic E-state index is 11.8. The molecular formula is C13H9N3O2S. The second kappa shape index (κ2) is 5.03. The molecule has 0 aromatic carbocycles. The molecule has 0 spiro atoms. The van der Waals surface area contributed by atoms with Crippen molar-refractivity contribution < 1.29 is 9.21 Å². The number of nitrogens with zero attached hydrogens (tertiary/aromatic N) is 2. The van der Waals surface area contributed by atoms with Crippen molar-refractivity contribution in [3.8, 4) is 10.6 Å². The van der Waals surface area contributed by atoms with Gasteiger partial charge in [-0.05, 0) is 29.6 Å². The van der Waals surface area contributed by atoms with E-state index < -0.39 is 0 Å². The molecule has 0 bridgehead atoms. The summed E-state index contributed by atoms with van der Waals surface area (Å²) in [5.74, 6) is 0.116. The molecule has 0 saturated carbocycles. The fraction of sp³-hybridized carbons (Fsp3) is 0. The number of amides is 1. The van der Waals surface area contributed by atoms with Crippen LogP contribution in [0.1, 0.15) is 10.6 Å². The summed E-state index contributed by atoms with van der Waals surface area (Å²) >= 11 is 1.58. The van der Waals surface area contributed by atoms with E-state index in [1.54, 1.807) is 35.7 Å². The molecule has 0 aliphatic carbocycles. The van der Waals surface area contributed by atoms with Crippen molar-refractivity contribution in [2.45, 2.75) is 0 Å². The highest BCUT2D eigenvalue weighted by Crippen LogP contribution is 2.22. The van der Waals surface area contributed by atoms with Crippen LogP contribution in [0.15, 0.2) is 52.6 Å². The second-order valence-corrected chi connectivity index (χ2v) is 4.62. The Balaban J connectivity index is 1.82. The number of thiophene rings is 1. The molecule has 94 valence electrons. The molecule has 0 aliphatic rings. The molecule has 3 aromatic rings. The number of rotatable bonds is 3. The minimum Gasteiger partial charge on any atom is -0.459 e. The average Bonchev–Trinajstić information content (AvgIpc) is 3.13. The molecule has 0 saturated heterocycles. The second-order valence-electron chi connectivity index (χ2n) is 3.67. The van der Waals surface area contributed by atoms with Gasteiger partial charge in [0.15, 0.2) is 5.76 Å². The number of aromatic nitrogens is 2. The molecule has 0 radical (unpaired) electrons. The molecule has 6 heteroatoms. The van der Waals surface area contributed by atoms with Gasteiger partial charge in [0.2, 0.25) is 5.95 Å². The first kappa shape index (κ1) is 11.6. The summed E-state index contributed by atoms with van der Waals surface area (Å²) < 4.78 is 5.00. The fourth-order valence-electron chi connectivity index (χ4n) is 1.55. The monoisotopic (exact) mass is 271 g/mol. The average molecular weight is 271 g/mol. The lowest BCUT2D eigenvalue weighted by atomic mass is 10.3. The molecule has 1 N–H and O–H groups in total. The summed E-state index contributed by atoms with van der Waals surface area (Å²) in [7, 11) is 0. The van der Waals surface area contributed by atoms with E-state index in [4.69, 9.17) is 4.42 Å². The van der Waals surface area contributed by atoms with Gasteiger partial charge in [-0.1, -0.05) is 6.07 Å². The maximum Gasteiger partial charge on any atom is 0.293 e. The van der Waals surface area contributed by atoms with E-state index in [-0.39, 0.29) is 17.6 Å². The SMILES string of the molecule is O=C(Nc1nccc(-c2cccs2)n1)c1ccco1. The van der Waals surface area contributed by atoms with Crippen LogP contribution in [0.4, 0.5) is 5.95 Å². The number of furan rings is 1. The fourth-order valence-corrected chi connectivity index (χ4v) is 2.25. The number of nitrogens with one attached hydrogen (secondary N) is 1. The largest absolute Gasteiger partial charge is 0.459 e. The molecule has 3 aromatic heterocycles. The van der Waals surface area contributed by atoms with Crippen LogP contribution in [0.25, 0.3) is 10.6 Å². The van der Waals surface area contributed by atoms with Crippen molar-refractivity contribution in [3.63, 3.8) is 0 Å². The minimum absolute atomic E-state index is 0.227. The summed E-state index contributed by atoms with van der Waals surface area (Å²) in [6.45, 7) is 0. The predicted molar refractivity (Wildman–Crippen MR) is 72.0 cm³/mol. The quantitative estimate of drug-likeness (QED) is 0.795. The van der Waals surface area contributed by atoms with Crippen molar-refractivity contribution in [1.29, 1.82) is 0 Å². The molecule has 0 aliphatic heterocycles. The van der Waals surface area contributed by atoms with Crippen LogP contribution in [0.2, 0.25) is 0 Å². The van der Waals surface area contributed by atoms with Gasteiger partial charge in [-0.15, -0.1) is 11.3 Å². The molecule has 0 atom stereocenters.